The lowest BCUT2D eigenvalue weighted by Gasteiger charge is -2.26. The normalized spacial score (nSPS) is 19.1. The molecule has 42 heavy (non-hydrogen) atoms. The Morgan fingerprint density at radius 3 is 1.83 bits per heavy atom. The summed E-state index contributed by atoms with van der Waals surface area (Å²) < 4.78 is 0. The fraction of sp³-hybridized carbons (Fsp3) is 0.737. The second-order valence-electron chi connectivity index (χ2n) is 14.6. The van der Waals surface area contributed by atoms with Crippen LogP contribution >= 0.6 is 0 Å². The number of hydrogen-bond donors (Lipinski definition) is 0. The van der Waals surface area contributed by atoms with Crippen LogP contribution in [0.25, 0.3) is 0 Å². The first kappa shape index (κ1) is 37.9. The summed E-state index contributed by atoms with van der Waals surface area (Å²) in [5.41, 5.74) is 7.37. The zero-order chi connectivity index (χ0) is 31.7. The van der Waals surface area contributed by atoms with Crippen molar-refractivity contribution in [2.24, 2.45) is 49.6 Å². The first-order valence-electron chi connectivity index (χ1n) is 16.9. The molecule has 1 saturated carbocycles. The van der Waals surface area contributed by atoms with Gasteiger partial charge in [0.25, 0.3) is 0 Å². The van der Waals surface area contributed by atoms with Crippen molar-refractivity contribution >= 4 is 28.5 Å². The Bertz CT molecular complexity index is 1010. The lowest BCUT2D eigenvalue weighted by Crippen LogP contribution is -2.22. The van der Waals surface area contributed by atoms with E-state index < -0.39 is 0 Å². The molecule has 4 nitrogen and oxygen atoms in total. The predicted molar refractivity (Wildman–Crippen MR) is 191 cm³/mol. The van der Waals surface area contributed by atoms with E-state index in [2.05, 4.69) is 112 Å². The van der Waals surface area contributed by atoms with Gasteiger partial charge in [0, 0.05) is 29.4 Å². The van der Waals surface area contributed by atoms with Crippen LogP contribution in [-0.4, -0.2) is 35.4 Å². The second kappa shape index (κ2) is 20.7. The maximum absolute atomic E-state index is 4.97. The fourth-order valence-electron chi connectivity index (χ4n) is 5.90. The zero-order valence-corrected chi connectivity index (χ0v) is 29.6. The molecule has 0 saturated heterocycles. The van der Waals surface area contributed by atoms with Crippen LogP contribution < -0.4 is 0 Å². The summed E-state index contributed by atoms with van der Waals surface area (Å²) in [6, 6.07) is 8.98. The van der Waals surface area contributed by atoms with E-state index >= 15 is 0 Å². The molecule has 0 aromatic heterocycles. The predicted octanol–water partition coefficient (Wildman–Crippen LogP) is 11.4. The number of rotatable bonds is 14. The number of aliphatic imine (C=N–C) groups is 4. The van der Waals surface area contributed by atoms with E-state index in [9.17, 15) is 0 Å². The number of benzene rings is 1. The van der Waals surface area contributed by atoms with E-state index in [1.165, 1.54) is 54.1 Å². The Balaban J connectivity index is 0.000000420. The van der Waals surface area contributed by atoms with Crippen molar-refractivity contribution in [1.82, 2.24) is 0 Å². The summed E-state index contributed by atoms with van der Waals surface area (Å²) in [6.07, 6.45) is 9.60. The van der Waals surface area contributed by atoms with Gasteiger partial charge in [0.2, 0.25) is 0 Å². The molecular formula is C38H66N4. The van der Waals surface area contributed by atoms with Crippen molar-refractivity contribution < 1.29 is 0 Å². The van der Waals surface area contributed by atoms with Gasteiger partial charge in [-0.2, -0.15) is 0 Å². The molecule has 2 unspecified atom stereocenters. The summed E-state index contributed by atoms with van der Waals surface area (Å²) in [5, 5.41) is 0. The summed E-state index contributed by atoms with van der Waals surface area (Å²) >= 11 is 0. The third-order valence-corrected chi connectivity index (χ3v) is 7.35. The molecule has 238 valence electrons. The minimum absolute atomic E-state index is 0.558. The van der Waals surface area contributed by atoms with Crippen molar-refractivity contribution in [3.8, 4) is 0 Å². The lowest BCUT2D eigenvalue weighted by molar-refractivity contribution is 0.330. The molecule has 0 radical (unpaired) electrons. The van der Waals surface area contributed by atoms with Crippen molar-refractivity contribution in [1.29, 1.82) is 0 Å². The molecule has 0 heterocycles. The van der Waals surface area contributed by atoms with Crippen LogP contribution in [0.1, 0.15) is 140 Å². The SMILES string of the molecule is CC(CC(C)C)=NCC1CCCC(N=C(C)CC(C)C)C1.CC(CC(C)C)=NCc1cccc(N=C(C)CC(C)C)c1. The number of hydrogen-bond acceptors (Lipinski definition) is 4. The molecule has 1 aliphatic rings. The van der Waals surface area contributed by atoms with Gasteiger partial charge in [0.05, 0.1) is 18.3 Å². The first-order valence-corrected chi connectivity index (χ1v) is 16.9. The average Bonchev–Trinajstić information content (AvgIpc) is 2.85. The van der Waals surface area contributed by atoms with Gasteiger partial charge in [-0.25, -0.2) is 0 Å². The highest BCUT2D eigenvalue weighted by Gasteiger charge is 2.21. The summed E-state index contributed by atoms with van der Waals surface area (Å²) in [4.78, 5) is 19.2. The maximum Gasteiger partial charge on any atom is 0.0639 e. The summed E-state index contributed by atoms with van der Waals surface area (Å²) in [5.74, 6) is 3.51. The molecule has 0 amide bonds. The lowest BCUT2D eigenvalue weighted by atomic mass is 9.86. The maximum atomic E-state index is 4.97. The number of nitrogens with zero attached hydrogens (tertiary/aromatic N) is 4. The third-order valence-electron chi connectivity index (χ3n) is 7.35. The Labute approximate surface area is 261 Å². The highest BCUT2D eigenvalue weighted by molar-refractivity contribution is 5.85. The Kier molecular flexibility index (Phi) is 18.7. The largest absolute Gasteiger partial charge is 0.294 e. The standard InChI is InChI=1S/C19H36N2.C19H30N2/c2*1-14(2)10-16(5)20-13-18-8-7-9-19(12-18)21-17(6)11-15(3)4/h14-15,18-19H,7-13H2,1-6H3;7-9,12,14-15H,10-11,13H2,1-6H3. The summed E-state index contributed by atoms with van der Waals surface area (Å²) in [6.45, 7) is 28.4. The quantitative estimate of drug-likeness (QED) is 0.197. The van der Waals surface area contributed by atoms with Gasteiger partial charge in [-0.05, 0) is 120 Å². The van der Waals surface area contributed by atoms with Crippen molar-refractivity contribution in [3.63, 3.8) is 0 Å². The van der Waals surface area contributed by atoms with Crippen molar-refractivity contribution in [3.05, 3.63) is 29.8 Å². The van der Waals surface area contributed by atoms with Gasteiger partial charge in [-0.3, -0.25) is 20.0 Å². The highest BCUT2D eigenvalue weighted by Crippen LogP contribution is 2.27. The molecule has 1 aliphatic carbocycles. The summed E-state index contributed by atoms with van der Waals surface area (Å²) in [7, 11) is 0. The monoisotopic (exact) mass is 579 g/mol. The highest BCUT2D eigenvalue weighted by atomic mass is 14.8. The Morgan fingerprint density at radius 2 is 1.24 bits per heavy atom. The molecule has 0 N–H and O–H groups in total. The van der Waals surface area contributed by atoms with E-state index in [1.807, 2.05) is 0 Å². The molecule has 0 bridgehead atoms. The van der Waals surface area contributed by atoms with Crippen LogP contribution in [0.4, 0.5) is 5.69 Å². The van der Waals surface area contributed by atoms with Crippen LogP contribution in [0.2, 0.25) is 0 Å². The topological polar surface area (TPSA) is 49.4 Å². The van der Waals surface area contributed by atoms with E-state index in [0.29, 0.717) is 17.9 Å². The molecule has 2 atom stereocenters. The van der Waals surface area contributed by atoms with Crippen LogP contribution in [-0.2, 0) is 6.54 Å². The average molecular weight is 579 g/mol. The Hall–Kier alpha value is -2.10. The van der Waals surface area contributed by atoms with E-state index in [1.54, 1.807) is 0 Å². The molecule has 0 spiro atoms. The van der Waals surface area contributed by atoms with Crippen LogP contribution in [0.15, 0.2) is 44.2 Å². The van der Waals surface area contributed by atoms with Crippen LogP contribution in [0.3, 0.4) is 0 Å². The molecule has 4 heteroatoms. The molecule has 0 aliphatic heterocycles. The zero-order valence-electron chi connectivity index (χ0n) is 29.6. The van der Waals surface area contributed by atoms with Gasteiger partial charge >= 0.3 is 0 Å². The smallest absolute Gasteiger partial charge is 0.0639 e. The first-order chi connectivity index (χ1) is 19.7. The minimum atomic E-state index is 0.558. The van der Waals surface area contributed by atoms with Crippen molar-refractivity contribution in [2.45, 2.75) is 147 Å². The third kappa shape index (κ3) is 19.2. The molecule has 1 fully saturated rings. The van der Waals surface area contributed by atoms with Gasteiger partial charge in [0.15, 0.2) is 0 Å². The van der Waals surface area contributed by atoms with Crippen molar-refractivity contribution in [2.75, 3.05) is 6.54 Å². The van der Waals surface area contributed by atoms with Gasteiger partial charge in [-0.1, -0.05) is 73.9 Å². The Morgan fingerprint density at radius 1 is 0.690 bits per heavy atom. The molecule has 1 aromatic carbocycles. The minimum Gasteiger partial charge on any atom is -0.294 e. The van der Waals surface area contributed by atoms with E-state index in [-0.39, 0.29) is 0 Å². The second-order valence-corrected chi connectivity index (χ2v) is 14.6. The van der Waals surface area contributed by atoms with Gasteiger partial charge in [-0.15, -0.1) is 0 Å². The van der Waals surface area contributed by atoms with Gasteiger partial charge in [0.1, 0.15) is 0 Å². The molecular weight excluding hydrogens is 512 g/mol. The van der Waals surface area contributed by atoms with E-state index in [4.69, 9.17) is 15.0 Å². The molecule has 1 aromatic rings. The fourth-order valence-corrected chi connectivity index (χ4v) is 5.90. The van der Waals surface area contributed by atoms with E-state index in [0.717, 1.165) is 62.2 Å². The molecule has 2 rings (SSSR count). The van der Waals surface area contributed by atoms with Gasteiger partial charge < -0.3 is 0 Å². The van der Waals surface area contributed by atoms with Crippen LogP contribution in [0, 0.1) is 29.6 Å². The van der Waals surface area contributed by atoms with Crippen LogP contribution in [0.5, 0.6) is 0 Å².